The molecular formula is C25H25ClN8O. The second-order valence-corrected chi connectivity index (χ2v) is 9.08. The van der Waals surface area contributed by atoms with Gasteiger partial charge in [0.15, 0.2) is 0 Å². The Labute approximate surface area is 208 Å². The summed E-state index contributed by atoms with van der Waals surface area (Å²) in [5.41, 5.74) is 3.12. The maximum absolute atomic E-state index is 12.9. The van der Waals surface area contributed by atoms with E-state index >= 15 is 0 Å². The van der Waals surface area contributed by atoms with Crippen LogP contribution in [-0.4, -0.2) is 73.2 Å². The van der Waals surface area contributed by atoms with Crippen LogP contribution >= 0.6 is 11.6 Å². The standard InChI is InChI=1S/C25H25ClN8O/c26-20-4-2-18(3-5-20)25(35)33-11-1-10-32(12-13-33)16-21(6-8-27)34-15-19(14-31-34)23-22-7-9-28-24(22)30-17-29-23/h2-5,7,9,14-15,17,21H,1,6,10-13,16H2,(H,28,29,30). The van der Waals surface area contributed by atoms with E-state index in [2.05, 4.69) is 31.0 Å². The third-order valence-corrected chi connectivity index (χ3v) is 6.62. The number of nitrogens with zero attached hydrogens (tertiary/aromatic N) is 7. The Balaban J connectivity index is 1.27. The maximum atomic E-state index is 12.9. The zero-order valence-corrected chi connectivity index (χ0v) is 19.9. The molecule has 4 heterocycles. The van der Waals surface area contributed by atoms with Crippen molar-refractivity contribution < 1.29 is 4.79 Å². The van der Waals surface area contributed by atoms with Crippen molar-refractivity contribution >= 4 is 28.5 Å². The minimum atomic E-state index is -0.101. The van der Waals surface area contributed by atoms with E-state index in [-0.39, 0.29) is 11.9 Å². The zero-order valence-electron chi connectivity index (χ0n) is 19.1. The molecule has 1 atom stereocenters. The fraction of sp³-hybridized carbons (Fsp3) is 0.320. The summed E-state index contributed by atoms with van der Waals surface area (Å²) in [5, 5.41) is 15.6. The number of hydrogen-bond acceptors (Lipinski definition) is 6. The van der Waals surface area contributed by atoms with Gasteiger partial charge in [-0.15, -0.1) is 0 Å². The van der Waals surface area contributed by atoms with Gasteiger partial charge in [-0.1, -0.05) is 11.6 Å². The average molecular weight is 489 g/mol. The van der Waals surface area contributed by atoms with Crippen LogP contribution in [0.1, 0.15) is 29.2 Å². The molecule has 1 amide bonds. The largest absolute Gasteiger partial charge is 0.346 e. The summed E-state index contributed by atoms with van der Waals surface area (Å²) in [6.07, 6.45) is 8.32. The molecule has 4 aromatic rings. The summed E-state index contributed by atoms with van der Waals surface area (Å²) in [6, 6.07) is 11.2. The van der Waals surface area contributed by atoms with E-state index in [0.717, 1.165) is 41.8 Å². The number of aromatic nitrogens is 5. The normalized spacial score (nSPS) is 15.6. The van der Waals surface area contributed by atoms with Gasteiger partial charge in [0.25, 0.3) is 5.91 Å². The molecule has 5 rings (SSSR count). The lowest BCUT2D eigenvalue weighted by atomic mass is 10.1. The SMILES string of the molecule is N#CCC(CN1CCCN(C(=O)c2ccc(Cl)cc2)CC1)n1cc(-c2ncnc3[nH]ccc23)cn1. The number of aromatic amines is 1. The molecule has 0 spiro atoms. The van der Waals surface area contributed by atoms with E-state index in [1.807, 2.05) is 28.0 Å². The van der Waals surface area contributed by atoms with Gasteiger partial charge < -0.3 is 9.88 Å². The van der Waals surface area contributed by atoms with E-state index < -0.39 is 0 Å². The first-order valence-electron chi connectivity index (χ1n) is 11.6. The van der Waals surface area contributed by atoms with Crippen molar-refractivity contribution in [1.29, 1.82) is 5.26 Å². The fourth-order valence-electron chi connectivity index (χ4n) is 4.54. The van der Waals surface area contributed by atoms with Crippen LogP contribution in [0.25, 0.3) is 22.3 Å². The number of nitriles is 1. The Morgan fingerprint density at radius 3 is 2.83 bits per heavy atom. The summed E-state index contributed by atoms with van der Waals surface area (Å²) >= 11 is 5.96. The number of amides is 1. The molecule has 1 aromatic carbocycles. The van der Waals surface area contributed by atoms with Crippen LogP contribution in [0.2, 0.25) is 5.02 Å². The molecular weight excluding hydrogens is 464 g/mol. The van der Waals surface area contributed by atoms with Crippen LogP contribution in [0, 0.1) is 11.3 Å². The molecule has 35 heavy (non-hydrogen) atoms. The zero-order chi connectivity index (χ0) is 24.2. The van der Waals surface area contributed by atoms with Gasteiger partial charge in [0, 0.05) is 60.1 Å². The van der Waals surface area contributed by atoms with Crippen molar-refractivity contribution in [2.24, 2.45) is 0 Å². The second kappa shape index (κ2) is 10.3. The maximum Gasteiger partial charge on any atom is 0.253 e. The second-order valence-electron chi connectivity index (χ2n) is 8.64. The van der Waals surface area contributed by atoms with Crippen LogP contribution in [0.3, 0.4) is 0 Å². The highest BCUT2D eigenvalue weighted by molar-refractivity contribution is 6.30. The fourth-order valence-corrected chi connectivity index (χ4v) is 4.67. The number of nitrogens with one attached hydrogen (secondary N) is 1. The van der Waals surface area contributed by atoms with E-state index in [9.17, 15) is 10.1 Å². The molecule has 9 nitrogen and oxygen atoms in total. The lowest BCUT2D eigenvalue weighted by Crippen LogP contribution is -2.37. The van der Waals surface area contributed by atoms with E-state index in [4.69, 9.17) is 11.6 Å². The smallest absolute Gasteiger partial charge is 0.253 e. The summed E-state index contributed by atoms with van der Waals surface area (Å²) in [5.74, 6) is 0.0229. The van der Waals surface area contributed by atoms with Crippen molar-refractivity contribution in [3.63, 3.8) is 0 Å². The molecule has 1 aliphatic rings. The van der Waals surface area contributed by atoms with Gasteiger partial charge in [0.2, 0.25) is 0 Å². The quantitative estimate of drug-likeness (QED) is 0.442. The minimum absolute atomic E-state index is 0.0229. The number of hydrogen-bond donors (Lipinski definition) is 1. The number of carbonyl (C=O) groups excluding carboxylic acids is 1. The number of carbonyl (C=O) groups is 1. The Morgan fingerprint density at radius 2 is 2.00 bits per heavy atom. The van der Waals surface area contributed by atoms with E-state index in [1.54, 1.807) is 30.5 Å². The van der Waals surface area contributed by atoms with Gasteiger partial charge >= 0.3 is 0 Å². The average Bonchev–Trinajstić information content (AvgIpc) is 3.50. The summed E-state index contributed by atoms with van der Waals surface area (Å²) in [7, 11) is 0. The molecule has 1 saturated heterocycles. The molecule has 1 fully saturated rings. The Bertz CT molecular complexity index is 1360. The number of H-pyrrole nitrogens is 1. The van der Waals surface area contributed by atoms with Crippen molar-refractivity contribution in [3.8, 4) is 17.3 Å². The third kappa shape index (κ3) is 5.04. The lowest BCUT2D eigenvalue weighted by molar-refractivity contribution is 0.0760. The summed E-state index contributed by atoms with van der Waals surface area (Å²) in [6.45, 7) is 3.62. The van der Waals surface area contributed by atoms with E-state index in [0.29, 0.717) is 36.6 Å². The van der Waals surface area contributed by atoms with Gasteiger partial charge in [0.1, 0.15) is 12.0 Å². The highest BCUT2D eigenvalue weighted by Crippen LogP contribution is 2.26. The third-order valence-electron chi connectivity index (χ3n) is 6.37. The number of fused-ring (bicyclic) bond motifs is 1. The monoisotopic (exact) mass is 488 g/mol. The Morgan fingerprint density at radius 1 is 1.14 bits per heavy atom. The molecule has 10 heteroatoms. The van der Waals surface area contributed by atoms with Gasteiger partial charge in [-0.25, -0.2) is 9.97 Å². The lowest BCUT2D eigenvalue weighted by Gasteiger charge is -2.25. The molecule has 0 aliphatic carbocycles. The molecule has 1 aliphatic heterocycles. The van der Waals surface area contributed by atoms with Crippen LogP contribution < -0.4 is 0 Å². The molecule has 3 aromatic heterocycles. The van der Waals surface area contributed by atoms with Crippen molar-refractivity contribution in [2.45, 2.75) is 18.9 Å². The Hall–Kier alpha value is -3.74. The molecule has 1 unspecified atom stereocenters. The minimum Gasteiger partial charge on any atom is -0.346 e. The molecule has 1 N–H and O–H groups in total. The van der Waals surface area contributed by atoms with Crippen LogP contribution in [0.4, 0.5) is 0 Å². The predicted molar refractivity (Wildman–Crippen MR) is 133 cm³/mol. The first-order chi connectivity index (χ1) is 17.1. The van der Waals surface area contributed by atoms with Crippen LogP contribution in [0.5, 0.6) is 0 Å². The van der Waals surface area contributed by atoms with E-state index in [1.165, 1.54) is 6.33 Å². The molecule has 0 saturated carbocycles. The highest BCUT2D eigenvalue weighted by atomic mass is 35.5. The van der Waals surface area contributed by atoms with Gasteiger partial charge in [-0.05, 0) is 43.3 Å². The molecule has 0 bridgehead atoms. The van der Waals surface area contributed by atoms with Gasteiger partial charge in [-0.3, -0.25) is 14.4 Å². The van der Waals surface area contributed by atoms with Crippen molar-refractivity contribution in [2.75, 3.05) is 32.7 Å². The van der Waals surface area contributed by atoms with Crippen molar-refractivity contribution in [1.82, 2.24) is 34.5 Å². The highest BCUT2D eigenvalue weighted by Gasteiger charge is 2.23. The number of halogens is 1. The number of benzene rings is 1. The van der Waals surface area contributed by atoms with Gasteiger partial charge in [-0.2, -0.15) is 10.4 Å². The number of rotatable bonds is 6. The van der Waals surface area contributed by atoms with Crippen LogP contribution in [0.15, 0.2) is 55.2 Å². The molecule has 178 valence electrons. The first kappa shape index (κ1) is 23.0. The van der Waals surface area contributed by atoms with Gasteiger partial charge in [0.05, 0.1) is 30.4 Å². The molecule has 0 radical (unpaired) electrons. The topological polar surface area (TPSA) is 107 Å². The summed E-state index contributed by atoms with van der Waals surface area (Å²) in [4.78, 5) is 28.9. The van der Waals surface area contributed by atoms with Crippen LogP contribution in [-0.2, 0) is 0 Å². The predicted octanol–water partition coefficient (Wildman–Crippen LogP) is 3.78. The Kier molecular flexibility index (Phi) is 6.75. The summed E-state index contributed by atoms with van der Waals surface area (Å²) < 4.78 is 1.86. The van der Waals surface area contributed by atoms with Crippen molar-refractivity contribution in [3.05, 3.63) is 65.8 Å². The first-order valence-corrected chi connectivity index (χ1v) is 12.0.